The van der Waals surface area contributed by atoms with Gasteiger partial charge in [-0.1, -0.05) is 41.9 Å². The first-order chi connectivity index (χ1) is 11.2. The Morgan fingerprint density at radius 1 is 1.13 bits per heavy atom. The molecule has 116 valence electrons. The number of rotatable bonds is 2. The van der Waals surface area contributed by atoms with Crippen LogP contribution in [-0.4, -0.2) is 31.5 Å². The van der Waals surface area contributed by atoms with Gasteiger partial charge in [-0.25, -0.2) is 5.10 Å². The minimum atomic E-state index is -0.388. The van der Waals surface area contributed by atoms with Crippen LogP contribution < -0.4 is 10.5 Å². The second kappa shape index (κ2) is 5.51. The molecule has 8 heteroatoms. The molecule has 1 aliphatic rings. The van der Waals surface area contributed by atoms with Gasteiger partial charge in [0.05, 0.1) is 18.4 Å². The molecular weight excluding hydrogens is 316 g/mol. The van der Waals surface area contributed by atoms with E-state index in [0.29, 0.717) is 18.8 Å². The SMILES string of the molecule is O=c1[nH]ncc(N2CCn3c(nnc3-c3ccccc3)C2)c1Cl. The van der Waals surface area contributed by atoms with Crippen molar-refractivity contribution >= 4 is 17.3 Å². The minimum Gasteiger partial charge on any atom is -0.360 e. The summed E-state index contributed by atoms with van der Waals surface area (Å²) in [6.07, 6.45) is 1.56. The molecule has 0 saturated carbocycles. The highest BCUT2D eigenvalue weighted by molar-refractivity contribution is 6.32. The van der Waals surface area contributed by atoms with Crippen molar-refractivity contribution in [1.29, 1.82) is 0 Å². The van der Waals surface area contributed by atoms with E-state index in [1.807, 2.05) is 35.2 Å². The summed E-state index contributed by atoms with van der Waals surface area (Å²) < 4.78 is 2.10. The maximum Gasteiger partial charge on any atom is 0.285 e. The van der Waals surface area contributed by atoms with E-state index in [1.165, 1.54) is 0 Å². The van der Waals surface area contributed by atoms with Crippen molar-refractivity contribution in [2.75, 3.05) is 11.4 Å². The minimum absolute atomic E-state index is 0.149. The number of hydrogen-bond acceptors (Lipinski definition) is 5. The molecule has 4 rings (SSSR count). The van der Waals surface area contributed by atoms with Crippen LogP contribution in [0.15, 0.2) is 41.3 Å². The third kappa shape index (κ3) is 2.39. The van der Waals surface area contributed by atoms with E-state index >= 15 is 0 Å². The number of hydrogen-bond donors (Lipinski definition) is 1. The maximum absolute atomic E-state index is 11.6. The van der Waals surface area contributed by atoms with Crippen LogP contribution in [0.4, 0.5) is 5.69 Å². The van der Waals surface area contributed by atoms with Crippen LogP contribution in [0.1, 0.15) is 5.82 Å². The van der Waals surface area contributed by atoms with Gasteiger partial charge in [0.2, 0.25) is 0 Å². The lowest BCUT2D eigenvalue weighted by Gasteiger charge is -2.29. The number of anilines is 1. The lowest BCUT2D eigenvalue weighted by molar-refractivity contribution is 0.562. The highest BCUT2D eigenvalue weighted by Crippen LogP contribution is 2.27. The number of benzene rings is 1. The summed E-state index contributed by atoms with van der Waals surface area (Å²) in [4.78, 5) is 13.6. The first kappa shape index (κ1) is 14.0. The molecule has 1 N–H and O–H groups in total. The van der Waals surface area contributed by atoms with Gasteiger partial charge in [0.25, 0.3) is 5.56 Å². The average Bonchev–Trinajstić information content (AvgIpc) is 3.01. The molecule has 2 aromatic heterocycles. The smallest absolute Gasteiger partial charge is 0.285 e. The fourth-order valence-corrected chi connectivity index (χ4v) is 2.97. The zero-order chi connectivity index (χ0) is 15.8. The Morgan fingerprint density at radius 3 is 2.78 bits per heavy atom. The van der Waals surface area contributed by atoms with E-state index in [4.69, 9.17) is 11.6 Å². The van der Waals surface area contributed by atoms with Crippen LogP contribution in [0.5, 0.6) is 0 Å². The van der Waals surface area contributed by atoms with Gasteiger partial charge in [0.15, 0.2) is 11.6 Å². The lowest BCUT2D eigenvalue weighted by atomic mass is 10.2. The molecular formula is C15H13ClN6O. The summed E-state index contributed by atoms with van der Waals surface area (Å²) in [5, 5.41) is 14.9. The van der Waals surface area contributed by atoms with Crippen molar-refractivity contribution in [2.45, 2.75) is 13.1 Å². The molecule has 0 fully saturated rings. The van der Waals surface area contributed by atoms with Gasteiger partial charge in [-0.2, -0.15) is 5.10 Å². The number of aromatic amines is 1. The van der Waals surface area contributed by atoms with Gasteiger partial charge in [0, 0.05) is 18.7 Å². The standard InChI is InChI=1S/C15H13ClN6O/c16-13-11(8-17-20-15(13)23)21-6-7-22-12(9-21)18-19-14(22)10-4-2-1-3-5-10/h1-5,8H,6-7,9H2,(H,20,23). The molecule has 0 radical (unpaired) electrons. The Bertz CT molecular complexity index is 904. The topological polar surface area (TPSA) is 79.7 Å². The number of halogens is 1. The number of H-pyrrole nitrogens is 1. The Kier molecular flexibility index (Phi) is 3.34. The zero-order valence-electron chi connectivity index (χ0n) is 12.1. The molecule has 0 bridgehead atoms. The largest absolute Gasteiger partial charge is 0.360 e. The Balaban J connectivity index is 1.68. The Morgan fingerprint density at radius 2 is 1.96 bits per heavy atom. The molecule has 3 aromatic rings. The molecule has 0 unspecified atom stereocenters. The van der Waals surface area contributed by atoms with Crippen molar-refractivity contribution in [1.82, 2.24) is 25.0 Å². The van der Waals surface area contributed by atoms with Crippen LogP contribution in [0.3, 0.4) is 0 Å². The molecule has 0 spiro atoms. The monoisotopic (exact) mass is 328 g/mol. The fraction of sp³-hybridized carbons (Fsp3) is 0.200. The van der Waals surface area contributed by atoms with Crippen LogP contribution in [0, 0.1) is 0 Å². The normalized spacial score (nSPS) is 13.9. The summed E-state index contributed by atoms with van der Waals surface area (Å²) in [6.45, 7) is 1.95. The zero-order valence-corrected chi connectivity index (χ0v) is 12.9. The van der Waals surface area contributed by atoms with Crippen molar-refractivity contribution in [3.8, 4) is 11.4 Å². The highest BCUT2D eigenvalue weighted by atomic mass is 35.5. The molecule has 0 amide bonds. The van der Waals surface area contributed by atoms with Crippen LogP contribution in [0.2, 0.25) is 5.02 Å². The van der Waals surface area contributed by atoms with E-state index in [2.05, 4.69) is 25.0 Å². The summed E-state index contributed by atoms with van der Waals surface area (Å²) >= 11 is 6.09. The average molecular weight is 329 g/mol. The summed E-state index contributed by atoms with van der Waals surface area (Å²) in [7, 11) is 0. The third-order valence-electron chi connectivity index (χ3n) is 3.90. The predicted molar refractivity (Wildman–Crippen MR) is 86.4 cm³/mol. The van der Waals surface area contributed by atoms with Gasteiger partial charge in [-0.05, 0) is 0 Å². The summed E-state index contributed by atoms with van der Waals surface area (Å²) in [5.74, 6) is 1.70. The van der Waals surface area contributed by atoms with E-state index in [0.717, 1.165) is 23.8 Å². The van der Waals surface area contributed by atoms with E-state index in [9.17, 15) is 4.79 Å². The second-order valence-electron chi connectivity index (χ2n) is 5.28. The number of nitrogens with one attached hydrogen (secondary N) is 1. The van der Waals surface area contributed by atoms with Crippen molar-refractivity contribution in [2.24, 2.45) is 0 Å². The van der Waals surface area contributed by atoms with Gasteiger partial charge in [0.1, 0.15) is 5.02 Å². The highest BCUT2D eigenvalue weighted by Gasteiger charge is 2.24. The molecule has 1 aliphatic heterocycles. The van der Waals surface area contributed by atoms with Crippen molar-refractivity contribution < 1.29 is 0 Å². The van der Waals surface area contributed by atoms with E-state index in [1.54, 1.807) is 6.20 Å². The molecule has 3 heterocycles. The molecule has 0 atom stereocenters. The summed E-state index contributed by atoms with van der Waals surface area (Å²) in [5.41, 5.74) is 1.27. The molecule has 0 aliphatic carbocycles. The quantitative estimate of drug-likeness (QED) is 0.774. The van der Waals surface area contributed by atoms with Crippen LogP contribution in [-0.2, 0) is 13.1 Å². The van der Waals surface area contributed by atoms with Crippen molar-refractivity contribution in [3.63, 3.8) is 0 Å². The predicted octanol–water partition coefficient (Wildman–Crippen LogP) is 1.70. The van der Waals surface area contributed by atoms with Crippen LogP contribution >= 0.6 is 11.6 Å². The Labute approximate surface area is 136 Å². The first-order valence-corrected chi connectivity index (χ1v) is 7.57. The molecule has 0 saturated heterocycles. The van der Waals surface area contributed by atoms with E-state index < -0.39 is 0 Å². The summed E-state index contributed by atoms with van der Waals surface area (Å²) in [6, 6.07) is 9.96. The number of fused-ring (bicyclic) bond motifs is 1. The van der Waals surface area contributed by atoms with Gasteiger partial charge >= 0.3 is 0 Å². The fourth-order valence-electron chi connectivity index (χ4n) is 2.76. The molecule has 23 heavy (non-hydrogen) atoms. The van der Waals surface area contributed by atoms with Gasteiger partial charge < -0.3 is 9.47 Å². The lowest BCUT2D eigenvalue weighted by Crippen LogP contribution is -2.35. The molecule has 7 nitrogen and oxygen atoms in total. The second-order valence-corrected chi connectivity index (χ2v) is 5.66. The third-order valence-corrected chi connectivity index (χ3v) is 4.27. The maximum atomic E-state index is 11.6. The number of aromatic nitrogens is 5. The molecule has 1 aromatic carbocycles. The van der Waals surface area contributed by atoms with Gasteiger partial charge in [-0.15, -0.1) is 10.2 Å². The van der Waals surface area contributed by atoms with Crippen molar-refractivity contribution in [3.05, 3.63) is 57.7 Å². The van der Waals surface area contributed by atoms with Crippen LogP contribution in [0.25, 0.3) is 11.4 Å². The number of nitrogens with zero attached hydrogens (tertiary/aromatic N) is 5. The van der Waals surface area contributed by atoms with E-state index in [-0.39, 0.29) is 10.6 Å². The first-order valence-electron chi connectivity index (χ1n) is 7.19. The van der Waals surface area contributed by atoms with Gasteiger partial charge in [-0.3, -0.25) is 4.79 Å². The Hall–Kier alpha value is -2.67.